The number of anilines is 2. The molecule has 3 atom stereocenters. The second-order valence-electron chi connectivity index (χ2n) is 16.3. The highest BCUT2D eigenvalue weighted by Gasteiger charge is 2.45. The van der Waals surface area contributed by atoms with Gasteiger partial charge in [0.2, 0.25) is 11.8 Å². The standard InChI is InChI=1S/C41H47BrFN9O6/c1-47-22-27(19-28(23-47)45-32-21-44-48(2)40(58)35(32)42)25-3-5-26(6-4-25)37(55)51-13-11-41(43,12-14-51)24-49-15-17-50(18-16-49)29-7-8-30-31(20-29)39(57)52(38(30)56)33-9-10-34(53)46-36(33)54/h3-8,20-21,27-28,33,45H,9-19,22-24H2,1-2H3,(H,46,53,54)/t27-,28+,33?/m0/s1. The van der Waals surface area contributed by atoms with E-state index in [-0.39, 0.29) is 66.8 Å². The normalized spacial score (nSPS) is 24.2. The van der Waals surface area contributed by atoms with Crippen molar-refractivity contribution in [2.24, 2.45) is 7.05 Å². The second kappa shape index (κ2) is 16.0. The smallest absolute Gasteiger partial charge is 0.282 e. The minimum atomic E-state index is -1.42. The molecule has 8 rings (SSSR count). The highest BCUT2D eigenvalue weighted by atomic mass is 79.9. The molecule has 5 aliphatic rings. The van der Waals surface area contributed by atoms with Crippen LogP contribution < -0.4 is 21.1 Å². The van der Waals surface area contributed by atoms with Crippen molar-refractivity contribution in [3.05, 3.63) is 85.7 Å². The molecule has 5 amide bonds. The molecule has 0 saturated carbocycles. The van der Waals surface area contributed by atoms with Crippen molar-refractivity contribution in [2.45, 2.75) is 55.8 Å². The molecule has 58 heavy (non-hydrogen) atoms. The summed E-state index contributed by atoms with van der Waals surface area (Å²) in [4.78, 5) is 85.6. The Morgan fingerprint density at radius 2 is 1.64 bits per heavy atom. The third kappa shape index (κ3) is 7.91. The summed E-state index contributed by atoms with van der Waals surface area (Å²) in [7, 11) is 3.69. The Kier molecular flexibility index (Phi) is 11.0. The lowest BCUT2D eigenvalue weighted by atomic mass is 9.87. The van der Waals surface area contributed by atoms with E-state index in [0.717, 1.165) is 35.7 Å². The lowest BCUT2D eigenvalue weighted by Crippen LogP contribution is -2.54. The van der Waals surface area contributed by atoms with Gasteiger partial charge in [0, 0.05) is 103 Å². The van der Waals surface area contributed by atoms with Crippen molar-refractivity contribution in [1.29, 1.82) is 0 Å². The number of benzene rings is 2. The van der Waals surface area contributed by atoms with E-state index in [0.29, 0.717) is 55.0 Å². The largest absolute Gasteiger partial charge is 0.379 e. The molecule has 17 heteroatoms. The first-order valence-electron chi connectivity index (χ1n) is 19.8. The number of hydrogen-bond donors (Lipinski definition) is 2. The predicted octanol–water partition coefficient (Wildman–Crippen LogP) is 2.61. The maximum atomic E-state index is 16.3. The van der Waals surface area contributed by atoms with Gasteiger partial charge in [-0.2, -0.15) is 5.10 Å². The van der Waals surface area contributed by atoms with Gasteiger partial charge in [-0.1, -0.05) is 12.1 Å². The Labute approximate surface area is 343 Å². The zero-order valence-corrected chi connectivity index (χ0v) is 34.2. The van der Waals surface area contributed by atoms with Crippen LogP contribution in [0.2, 0.25) is 0 Å². The molecule has 1 unspecified atom stereocenters. The van der Waals surface area contributed by atoms with Gasteiger partial charge in [-0.05, 0) is 77.6 Å². The molecule has 6 heterocycles. The van der Waals surface area contributed by atoms with Crippen LogP contribution in [0.3, 0.4) is 0 Å². The number of nitrogens with one attached hydrogen (secondary N) is 2. The van der Waals surface area contributed by atoms with Crippen molar-refractivity contribution < 1.29 is 28.4 Å². The molecule has 0 aliphatic carbocycles. The van der Waals surface area contributed by atoms with E-state index < -0.39 is 35.3 Å². The monoisotopic (exact) mass is 859 g/mol. The predicted molar refractivity (Wildman–Crippen MR) is 217 cm³/mol. The first-order chi connectivity index (χ1) is 27.8. The molecule has 0 spiro atoms. The fourth-order valence-corrected chi connectivity index (χ4v) is 9.54. The summed E-state index contributed by atoms with van der Waals surface area (Å²) in [6, 6.07) is 12.0. The molecule has 4 saturated heterocycles. The number of aryl methyl sites for hydroxylation is 1. The Bertz CT molecular complexity index is 2200. The third-order valence-corrected chi connectivity index (χ3v) is 13.1. The highest BCUT2D eigenvalue weighted by Crippen LogP contribution is 2.34. The number of fused-ring (bicyclic) bond motifs is 1. The fraction of sp³-hybridized carbons (Fsp3) is 0.488. The minimum absolute atomic E-state index is 0.0595. The Balaban J connectivity index is 0.812. The van der Waals surface area contributed by atoms with Crippen molar-refractivity contribution in [3.63, 3.8) is 0 Å². The number of aromatic nitrogens is 2. The summed E-state index contributed by atoms with van der Waals surface area (Å²) in [5.74, 6) is -2.02. The maximum Gasteiger partial charge on any atom is 0.282 e. The average Bonchev–Trinajstić information content (AvgIpc) is 3.46. The number of piperidine rings is 3. The van der Waals surface area contributed by atoms with Gasteiger partial charge in [-0.25, -0.2) is 9.07 Å². The number of piperazine rings is 1. The molecule has 4 fully saturated rings. The minimum Gasteiger partial charge on any atom is -0.379 e. The summed E-state index contributed by atoms with van der Waals surface area (Å²) in [5, 5.41) is 9.85. The van der Waals surface area contributed by atoms with Gasteiger partial charge in [-0.15, -0.1) is 0 Å². The Hall–Kier alpha value is -5.00. The first kappa shape index (κ1) is 39.8. The molecule has 0 bridgehead atoms. The number of rotatable bonds is 8. The van der Waals surface area contributed by atoms with Crippen LogP contribution >= 0.6 is 15.9 Å². The van der Waals surface area contributed by atoms with Gasteiger partial charge >= 0.3 is 0 Å². The van der Waals surface area contributed by atoms with E-state index in [2.05, 4.69) is 53.4 Å². The number of likely N-dealkylation sites (N-methyl/N-ethyl adjacent to an activating group) is 1. The molecular formula is C41H47BrFN9O6. The van der Waals surface area contributed by atoms with E-state index >= 15 is 4.39 Å². The summed E-state index contributed by atoms with van der Waals surface area (Å²) in [5.41, 5.74) is 2.01. The molecule has 5 aliphatic heterocycles. The lowest BCUT2D eigenvalue weighted by Gasteiger charge is -2.42. The maximum absolute atomic E-state index is 16.3. The molecule has 3 aromatic rings. The van der Waals surface area contributed by atoms with Crippen LogP contribution in [0.15, 0.2) is 57.9 Å². The van der Waals surface area contributed by atoms with Crippen molar-refractivity contribution in [3.8, 4) is 0 Å². The van der Waals surface area contributed by atoms with E-state index in [1.807, 2.05) is 24.3 Å². The fourth-order valence-electron chi connectivity index (χ4n) is 9.07. The number of carbonyl (C=O) groups excluding carboxylic acids is 5. The summed E-state index contributed by atoms with van der Waals surface area (Å²) in [6.07, 6.45) is 3.17. The van der Waals surface area contributed by atoms with Gasteiger partial charge in [0.1, 0.15) is 16.2 Å². The van der Waals surface area contributed by atoms with E-state index in [1.165, 1.54) is 4.68 Å². The number of halogens is 2. The molecule has 1 aromatic heterocycles. The average molecular weight is 861 g/mol. The van der Waals surface area contributed by atoms with Crippen molar-refractivity contribution in [1.82, 2.24) is 34.7 Å². The van der Waals surface area contributed by atoms with Crippen molar-refractivity contribution in [2.75, 3.05) is 76.2 Å². The molecule has 0 radical (unpaired) electrons. The lowest BCUT2D eigenvalue weighted by molar-refractivity contribution is -0.136. The van der Waals surface area contributed by atoms with E-state index in [9.17, 15) is 28.8 Å². The zero-order chi connectivity index (χ0) is 40.9. The van der Waals surface area contributed by atoms with Gasteiger partial charge < -0.3 is 20.0 Å². The van der Waals surface area contributed by atoms with E-state index in [1.54, 1.807) is 36.3 Å². The third-order valence-electron chi connectivity index (χ3n) is 12.3. The van der Waals surface area contributed by atoms with Crippen LogP contribution in [0.1, 0.15) is 74.7 Å². The van der Waals surface area contributed by atoms with Crippen LogP contribution in [0.5, 0.6) is 0 Å². The van der Waals surface area contributed by atoms with Crippen LogP contribution in [0, 0.1) is 0 Å². The quantitative estimate of drug-likeness (QED) is 0.321. The van der Waals surface area contributed by atoms with E-state index in [4.69, 9.17) is 0 Å². The summed E-state index contributed by atoms with van der Waals surface area (Å²) < 4.78 is 18.0. The highest BCUT2D eigenvalue weighted by molar-refractivity contribution is 9.10. The SMILES string of the molecule is CN1C[C@H](Nc2cnn(C)c(=O)c2Br)C[C@H](c2ccc(C(=O)N3CCC(F)(CN4CCN(c5ccc6c(c5)C(=O)N(C5CCC(=O)NC5=O)C6=O)CC4)CC3)cc2)C1. The number of imide groups is 2. The van der Waals surface area contributed by atoms with Crippen LogP contribution in [-0.2, 0) is 16.6 Å². The van der Waals surface area contributed by atoms with Crippen LogP contribution in [0.25, 0.3) is 0 Å². The molecule has 15 nitrogen and oxygen atoms in total. The van der Waals surface area contributed by atoms with Gasteiger partial charge in [0.25, 0.3) is 23.3 Å². The Morgan fingerprint density at radius 3 is 2.34 bits per heavy atom. The molecule has 2 N–H and O–H groups in total. The van der Waals surface area contributed by atoms with Gasteiger partial charge in [0.15, 0.2) is 0 Å². The first-order valence-corrected chi connectivity index (χ1v) is 20.6. The Morgan fingerprint density at radius 1 is 0.931 bits per heavy atom. The van der Waals surface area contributed by atoms with Crippen LogP contribution in [0.4, 0.5) is 15.8 Å². The number of amides is 5. The molecule has 306 valence electrons. The number of nitrogens with zero attached hydrogens (tertiary/aromatic N) is 7. The number of likely N-dealkylation sites (tertiary alicyclic amines) is 2. The number of hydrogen-bond acceptors (Lipinski definition) is 11. The van der Waals surface area contributed by atoms with Gasteiger partial charge in [-0.3, -0.25) is 43.9 Å². The number of carbonyl (C=O) groups is 5. The molecule has 2 aromatic carbocycles. The van der Waals surface area contributed by atoms with Crippen LogP contribution in [-0.4, -0.2) is 143 Å². The summed E-state index contributed by atoms with van der Waals surface area (Å²) >= 11 is 3.41. The van der Waals surface area contributed by atoms with Crippen molar-refractivity contribution >= 4 is 56.8 Å². The zero-order valence-electron chi connectivity index (χ0n) is 32.6. The topological polar surface area (TPSA) is 160 Å². The van der Waals surface area contributed by atoms with Gasteiger partial charge in [0.05, 0.1) is 23.0 Å². The summed E-state index contributed by atoms with van der Waals surface area (Å²) in [6.45, 7) is 5.06. The number of alkyl halides is 1. The second-order valence-corrected chi connectivity index (χ2v) is 17.1. The molecular weight excluding hydrogens is 813 g/mol.